The van der Waals surface area contributed by atoms with E-state index >= 15 is 0 Å². The van der Waals surface area contributed by atoms with E-state index in [1.807, 2.05) is 13.0 Å². The summed E-state index contributed by atoms with van der Waals surface area (Å²) in [7, 11) is 0. The highest BCUT2D eigenvalue weighted by atomic mass is 16.6. The van der Waals surface area contributed by atoms with Crippen molar-refractivity contribution in [2.75, 3.05) is 16.4 Å². The summed E-state index contributed by atoms with van der Waals surface area (Å²) in [5.74, 6) is -0.769. The second-order valence-corrected chi connectivity index (χ2v) is 5.13. The van der Waals surface area contributed by atoms with Crippen LogP contribution in [0, 0.1) is 28.4 Å². The van der Waals surface area contributed by atoms with E-state index in [1.165, 1.54) is 24.4 Å². The summed E-state index contributed by atoms with van der Waals surface area (Å²) in [6.45, 7) is 1.89. The van der Waals surface area contributed by atoms with Crippen molar-refractivity contribution < 1.29 is 9.72 Å². The van der Waals surface area contributed by atoms with Gasteiger partial charge in [-0.1, -0.05) is 18.2 Å². The minimum atomic E-state index is -0.769. The molecule has 2 aromatic rings. The number of nitrogens with zero attached hydrogens (tertiary/aromatic N) is 2. The monoisotopic (exact) mass is 337 g/mol. The molecule has 8 heteroatoms. The molecule has 0 saturated heterocycles. The lowest BCUT2D eigenvalue weighted by atomic mass is 10.2. The zero-order valence-corrected chi connectivity index (χ0v) is 13.3. The van der Waals surface area contributed by atoms with Gasteiger partial charge < -0.3 is 16.4 Å². The first kappa shape index (κ1) is 17.5. The molecule has 25 heavy (non-hydrogen) atoms. The van der Waals surface area contributed by atoms with Gasteiger partial charge in [0, 0.05) is 12.3 Å². The zero-order valence-electron chi connectivity index (χ0n) is 13.3. The van der Waals surface area contributed by atoms with E-state index in [4.69, 9.17) is 11.0 Å². The molecule has 126 valence electrons. The number of nitro benzene ring substituents is 1. The SMILES string of the molecule is Cc1ccc(N/C=C(/C#N)C(=O)Nc2ccccc2[N+](=O)[O-])c(N)c1. The summed E-state index contributed by atoms with van der Waals surface area (Å²) in [5.41, 5.74) is 7.33. The van der Waals surface area contributed by atoms with Gasteiger partial charge in [-0.2, -0.15) is 5.26 Å². The molecule has 1 amide bonds. The number of carbonyl (C=O) groups excluding carboxylic acids is 1. The van der Waals surface area contributed by atoms with Crippen LogP contribution < -0.4 is 16.4 Å². The van der Waals surface area contributed by atoms with Gasteiger partial charge >= 0.3 is 0 Å². The lowest BCUT2D eigenvalue weighted by Gasteiger charge is -2.08. The van der Waals surface area contributed by atoms with Crippen molar-refractivity contribution in [3.8, 4) is 6.07 Å². The van der Waals surface area contributed by atoms with E-state index in [2.05, 4.69) is 10.6 Å². The average molecular weight is 337 g/mol. The maximum Gasteiger partial charge on any atom is 0.292 e. The van der Waals surface area contributed by atoms with Crippen molar-refractivity contribution in [2.24, 2.45) is 0 Å². The van der Waals surface area contributed by atoms with Crippen LogP contribution in [0.4, 0.5) is 22.7 Å². The number of nitrogens with two attached hydrogens (primary N) is 1. The molecular formula is C17H15N5O3. The van der Waals surface area contributed by atoms with Crippen molar-refractivity contribution in [3.05, 3.63) is 69.9 Å². The number of aryl methyl sites for hydroxylation is 1. The normalized spacial score (nSPS) is 10.6. The third-order valence-electron chi connectivity index (χ3n) is 3.29. The number of hydrogen-bond acceptors (Lipinski definition) is 6. The molecule has 0 bridgehead atoms. The van der Waals surface area contributed by atoms with Gasteiger partial charge in [-0.25, -0.2) is 0 Å². The third-order valence-corrected chi connectivity index (χ3v) is 3.29. The van der Waals surface area contributed by atoms with Gasteiger partial charge in [-0.15, -0.1) is 0 Å². The van der Waals surface area contributed by atoms with Crippen molar-refractivity contribution >= 4 is 28.7 Å². The largest absolute Gasteiger partial charge is 0.397 e. The molecule has 8 nitrogen and oxygen atoms in total. The van der Waals surface area contributed by atoms with E-state index in [0.29, 0.717) is 11.4 Å². The summed E-state index contributed by atoms with van der Waals surface area (Å²) in [5, 5.41) is 25.3. The fourth-order valence-corrected chi connectivity index (χ4v) is 2.04. The standard InChI is InChI=1S/C17H15N5O3/c1-11-6-7-14(13(19)8-11)20-10-12(9-18)17(23)21-15-4-2-3-5-16(15)22(24)25/h2-8,10,20H,19H2,1H3,(H,21,23)/b12-10-. The van der Waals surface area contributed by atoms with Crippen LogP contribution in [0.5, 0.6) is 0 Å². The summed E-state index contributed by atoms with van der Waals surface area (Å²) in [4.78, 5) is 22.5. The van der Waals surface area contributed by atoms with Gasteiger partial charge in [0.25, 0.3) is 11.6 Å². The van der Waals surface area contributed by atoms with Gasteiger partial charge in [0.15, 0.2) is 0 Å². The van der Waals surface area contributed by atoms with Crippen molar-refractivity contribution in [1.82, 2.24) is 0 Å². The molecule has 0 aromatic heterocycles. The van der Waals surface area contributed by atoms with Gasteiger partial charge in [-0.05, 0) is 30.7 Å². The van der Waals surface area contributed by atoms with Gasteiger partial charge in [0.2, 0.25) is 0 Å². The van der Waals surface area contributed by atoms with Crippen molar-refractivity contribution in [3.63, 3.8) is 0 Å². The molecule has 0 radical (unpaired) electrons. The molecule has 0 atom stereocenters. The number of para-hydroxylation sites is 2. The highest BCUT2D eigenvalue weighted by Crippen LogP contribution is 2.24. The third kappa shape index (κ3) is 4.33. The molecule has 0 aliphatic heterocycles. The Hall–Kier alpha value is -3.86. The number of nitrogen functional groups attached to an aromatic ring is 1. The molecule has 0 heterocycles. The Morgan fingerprint density at radius 2 is 2.00 bits per heavy atom. The first-order valence-corrected chi connectivity index (χ1v) is 7.20. The highest BCUT2D eigenvalue weighted by molar-refractivity contribution is 6.07. The predicted octanol–water partition coefficient (Wildman–Crippen LogP) is 2.94. The topological polar surface area (TPSA) is 134 Å². The molecule has 0 fully saturated rings. The van der Waals surface area contributed by atoms with Crippen LogP contribution in [0.2, 0.25) is 0 Å². The average Bonchev–Trinajstić information content (AvgIpc) is 2.57. The fraction of sp³-hybridized carbons (Fsp3) is 0.0588. The quantitative estimate of drug-likeness (QED) is 0.252. The van der Waals surface area contributed by atoms with Crippen LogP contribution in [0.15, 0.2) is 54.2 Å². The minimum Gasteiger partial charge on any atom is -0.397 e. The van der Waals surface area contributed by atoms with Crippen LogP contribution in [-0.2, 0) is 4.79 Å². The van der Waals surface area contributed by atoms with Crippen LogP contribution >= 0.6 is 0 Å². The Morgan fingerprint density at radius 3 is 2.64 bits per heavy atom. The van der Waals surface area contributed by atoms with Crippen molar-refractivity contribution in [2.45, 2.75) is 6.92 Å². The highest BCUT2D eigenvalue weighted by Gasteiger charge is 2.17. The van der Waals surface area contributed by atoms with Gasteiger partial charge in [0.05, 0.1) is 16.3 Å². The van der Waals surface area contributed by atoms with E-state index < -0.39 is 10.8 Å². The summed E-state index contributed by atoms with van der Waals surface area (Å²) >= 11 is 0. The summed E-state index contributed by atoms with van der Waals surface area (Å²) in [6, 6.07) is 12.7. The second-order valence-electron chi connectivity index (χ2n) is 5.13. The van der Waals surface area contributed by atoms with Crippen LogP contribution in [0.25, 0.3) is 0 Å². The number of hydrogen-bond donors (Lipinski definition) is 3. The first-order chi connectivity index (χ1) is 11.9. The maximum atomic E-state index is 12.2. The van der Waals surface area contributed by atoms with Crippen molar-refractivity contribution in [1.29, 1.82) is 5.26 Å². The number of anilines is 3. The van der Waals surface area contributed by atoms with E-state index in [0.717, 1.165) is 5.56 Å². The Balaban J connectivity index is 2.19. The molecule has 0 aliphatic rings. The lowest BCUT2D eigenvalue weighted by molar-refractivity contribution is -0.383. The molecule has 2 aromatic carbocycles. The zero-order chi connectivity index (χ0) is 18.4. The Bertz CT molecular complexity index is 899. The molecule has 2 rings (SSSR count). The number of benzene rings is 2. The second kappa shape index (κ2) is 7.61. The Morgan fingerprint density at radius 1 is 1.28 bits per heavy atom. The molecule has 0 aliphatic carbocycles. The Kier molecular flexibility index (Phi) is 5.32. The number of rotatable bonds is 5. The van der Waals surface area contributed by atoms with Crippen LogP contribution in [-0.4, -0.2) is 10.8 Å². The van der Waals surface area contributed by atoms with E-state index in [9.17, 15) is 14.9 Å². The van der Waals surface area contributed by atoms with E-state index in [-0.39, 0.29) is 16.9 Å². The molecule has 0 spiro atoms. The number of nitrogens with one attached hydrogen (secondary N) is 2. The fourth-order valence-electron chi connectivity index (χ4n) is 2.04. The van der Waals surface area contributed by atoms with Crippen LogP contribution in [0.1, 0.15) is 5.56 Å². The number of nitro groups is 1. The van der Waals surface area contributed by atoms with Gasteiger partial charge in [-0.3, -0.25) is 14.9 Å². The molecule has 4 N–H and O–H groups in total. The number of nitriles is 1. The number of amides is 1. The summed E-state index contributed by atoms with van der Waals surface area (Å²) < 4.78 is 0. The molecular weight excluding hydrogens is 322 g/mol. The number of carbonyl (C=O) groups is 1. The van der Waals surface area contributed by atoms with Crippen LogP contribution in [0.3, 0.4) is 0 Å². The first-order valence-electron chi connectivity index (χ1n) is 7.20. The smallest absolute Gasteiger partial charge is 0.292 e. The summed E-state index contributed by atoms with van der Waals surface area (Å²) in [6.07, 6.45) is 1.20. The molecule has 0 saturated carbocycles. The van der Waals surface area contributed by atoms with E-state index in [1.54, 1.807) is 24.3 Å². The minimum absolute atomic E-state index is 0.00787. The molecule has 0 unspecified atom stereocenters. The maximum absolute atomic E-state index is 12.2. The Labute approximate surface area is 143 Å². The lowest BCUT2D eigenvalue weighted by Crippen LogP contribution is -2.15. The van der Waals surface area contributed by atoms with Gasteiger partial charge in [0.1, 0.15) is 17.3 Å². The predicted molar refractivity (Wildman–Crippen MR) is 94.6 cm³/mol.